The van der Waals surface area contributed by atoms with Crippen molar-refractivity contribution in [1.29, 1.82) is 0 Å². The molecule has 1 aliphatic rings. The Labute approximate surface area is 212 Å². The van der Waals surface area contributed by atoms with Crippen LogP contribution >= 0.6 is 11.6 Å². The molecule has 4 N–H and O–H groups in total. The van der Waals surface area contributed by atoms with Crippen molar-refractivity contribution in [3.63, 3.8) is 0 Å². The Morgan fingerprint density at radius 3 is 2.89 bits per heavy atom. The predicted molar refractivity (Wildman–Crippen MR) is 132 cm³/mol. The third-order valence-electron chi connectivity index (χ3n) is 5.95. The summed E-state index contributed by atoms with van der Waals surface area (Å²) in [5, 5.41) is 24.6. The first kappa shape index (κ1) is 25.8. The van der Waals surface area contributed by atoms with Crippen molar-refractivity contribution >= 4 is 39.9 Å². The van der Waals surface area contributed by atoms with Gasteiger partial charge in [-0.25, -0.2) is 14.4 Å². The molecule has 0 spiro atoms. The Morgan fingerprint density at radius 1 is 1.33 bits per heavy atom. The molecule has 12 heteroatoms. The summed E-state index contributed by atoms with van der Waals surface area (Å²) in [6.45, 7) is 0.0113. The summed E-state index contributed by atoms with van der Waals surface area (Å²) in [7, 11) is 3.32. The highest BCUT2D eigenvalue weighted by atomic mass is 35.5. The number of hydrogen-bond acceptors (Lipinski definition) is 9. The number of methoxy groups -OCH3 is 1. The number of benzene rings is 2. The number of nitrogens with one attached hydrogen (secondary N) is 2. The molecule has 1 saturated heterocycles. The van der Waals surface area contributed by atoms with Crippen molar-refractivity contribution < 1.29 is 28.9 Å². The van der Waals surface area contributed by atoms with Gasteiger partial charge in [-0.1, -0.05) is 17.7 Å². The van der Waals surface area contributed by atoms with Crippen molar-refractivity contribution in [2.45, 2.75) is 24.7 Å². The van der Waals surface area contributed by atoms with Crippen LogP contribution < -0.4 is 20.1 Å². The zero-order chi connectivity index (χ0) is 25.8. The van der Waals surface area contributed by atoms with Crippen molar-refractivity contribution in [1.82, 2.24) is 20.2 Å². The van der Waals surface area contributed by atoms with E-state index in [9.17, 15) is 14.3 Å². The molecule has 36 heavy (non-hydrogen) atoms. The number of carbonyl (C=O) groups is 1. The molecule has 3 atom stereocenters. The largest absolute Gasteiger partial charge is 0.493 e. The highest BCUT2D eigenvalue weighted by Gasteiger charge is 2.36. The van der Waals surface area contributed by atoms with Crippen LogP contribution in [0, 0.1) is 5.82 Å². The normalized spacial score (nSPS) is 18.7. The number of halogens is 2. The Morgan fingerprint density at radius 2 is 2.14 bits per heavy atom. The fraction of sp³-hybridized carbons (Fsp3) is 0.375. The molecule has 0 aliphatic carbocycles. The number of fused-ring (bicyclic) bond motifs is 1. The number of ether oxygens (including phenoxy) is 2. The van der Waals surface area contributed by atoms with Crippen LogP contribution in [0.4, 0.5) is 15.9 Å². The van der Waals surface area contributed by atoms with Gasteiger partial charge < -0.3 is 30.3 Å². The minimum Gasteiger partial charge on any atom is -0.493 e. The standard InChI is InChI=1S/C24H27ClFN5O5/c1-31-10-14(6-19(31)24(34)27-9-13(33)11-32)36-21-7-15-18(8-20(21)35-2)28-12-29-23(15)30-17-5-3-4-16(25)22(17)26/h3-5,7-8,12-14,19,32-33H,6,9-11H2,1-2H3,(H,27,34)(H,28,29,30)/t13?,14?,19-/m0/s1. The molecule has 4 rings (SSSR count). The van der Waals surface area contributed by atoms with Crippen LogP contribution in [0.25, 0.3) is 10.9 Å². The van der Waals surface area contributed by atoms with Gasteiger partial charge in [-0.2, -0.15) is 0 Å². The molecule has 0 radical (unpaired) electrons. The number of aliphatic hydroxyl groups excluding tert-OH is 2. The summed E-state index contributed by atoms with van der Waals surface area (Å²) in [5.41, 5.74) is 0.723. The molecule has 0 bridgehead atoms. The number of carbonyl (C=O) groups excluding carboxylic acids is 1. The number of likely N-dealkylation sites (N-methyl/N-ethyl adjacent to an activating group) is 1. The molecule has 10 nitrogen and oxygen atoms in total. The molecule has 1 fully saturated rings. The van der Waals surface area contributed by atoms with E-state index in [0.29, 0.717) is 41.2 Å². The third kappa shape index (κ3) is 5.59. The van der Waals surface area contributed by atoms with Gasteiger partial charge in [0.25, 0.3) is 0 Å². The fourth-order valence-electron chi connectivity index (χ4n) is 4.07. The Balaban J connectivity index is 1.56. The molecule has 192 valence electrons. The summed E-state index contributed by atoms with van der Waals surface area (Å²) in [6, 6.07) is 7.59. The molecule has 2 heterocycles. The number of hydrogen-bond donors (Lipinski definition) is 4. The zero-order valence-corrected chi connectivity index (χ0v) is 20.5. The van der Waals surface area contributed by atoms with Gasteiger partial charge in [0, 0.05) is 31.0 Å². The predicted octanol–water partition coefficient (Wildman–Crippen LogP) is 2.10. The van der Waals surface area contributed by atoms with Gasteiger partial charge in [0.05, 0.1) is 42.1 Å². The summed E-state index contributed by atoms with van der Waals surface area (Å²) in [6.07, 6.45) is 0.421. The van der Waals surface area contributed by atoms with E-state index in [-0.39, 0.29) is 29.3 Å². The van der Waals surface area contributed by atoms with E-state index in [0.717, 1.165) is 0 Å². The Hall–Kier alpha value is -3.25. The highest BCUT2D eigenvalue weighted by Crippen LogP contribution is 2.37. The number of rotatable bonds is 9. The average molecular weight is 520 g/mol. The van der Waals surface area contributed by atoms with Crippen molar-refractivity contribution in [3.05, 3.63) is 47.5 Å². The van der Waals surface area contributed by atoms with Gasteiger partial charge in [-0.05, 0) is 25.2 Å². The second-order valence-electron chi connectivity index (χ2n) is 8.48. The summed E-state index contributed by atoms with van der Waals surface area (Å²) in [4.78, 5) is 23.0. The van der Waals surface area contributed by atoms with Crippen LogP contribution in [0.3, 0.4) is 0 Å². The lowest BCUT2D eigenvalue weighted by Crippen LogP contribution is -2.44. The first-order valence-electron chi connectivity index (χ1n) is 11.3. The molecule has 1 amide bonds. The molecule has 1 aromatic heterocycles. The summed E-state index contributed by atoms with van der Waals surface area (Å²) < 4.78 is 26.2. The quantitative estimate of drug-likeness (QED) is 0.336. The smallest absolute Gasteiger partial charge is 0.237 e. The lowest BCUT2D eigenvalue weighted by molar-refractivity contribution is -0.125. The fourth-order valence-corrected chi connectivity index (χ4v) is 4.24. The second-order valence-corrected chi connectivity index (χ2v) is 8.89. The molecule has 2 unspecified atom stereocenters. The minimum absolute atomic E-state index is 0.0149. The van der Waals surface area contributed by atoms with Crippen LogP contribution in [-0.4, -0.2) is 83.1 Å². The van der Waals surface area contributed by atoms with Crippen molar-refractivity contribution in [2.75, 3.05) is 39.2 Å². The first-order valence-corrected chi connectivity index (χ1v) is 11.7. The average Bonchev–Trinajstić information content (AvgIpc) is 3.24. The number of likely N-dealkylation sites (tertiary alicyclic amines) is 1. The summed E-state index contributed by atoms with van der Waals surface area (Å²) in [5.74, 6) is 0.370. The molecule has 3 aromatic rings. The van der Waals surface area contributed by atoms with Gasteiger partial charge in [-0.15, -0.1) is 0 Å². The van der Waals surface area contributed by atoms with Gasteiger partial charge in [0.1, 0.15) is 18.2 Å². The Kier molecular flexibility index (Phi) is 8.04. The Bertz CT molecular complexity index is 1250. The number of nitrogens with zero attached hydrogens (tertiary/aromatic N) is 3. The van der Waals surface area contributed by atoms with E-state index in [1.807, 2.05) is 11.9 Å². The highest BCUT2D eigenvalue weighted by molar-refractivity contribution is 6.31. The van der Waals surface area contributed by atoms with Crippen LogP contribution in [0.2, 0.25) is 5.02 Å². The van der Waals surface area contributed by atoms with E-state index in [1.165, 1.54) is 19.5 Å². The SMILES string of the molecule is COc1cc2ncnc(Nc3cccc(Cl)c3F)c2cc1OC1C[C@@H](C(=O)NCC(O)CO)N(C)C1. The van der Waals surface area contributed by atoms with Gasteiger partial charge in [0.15, 0.2) is 17.3 Å². The molecular weight excluding hydrogens is 493 g/mol. The maximum Gasteiger partial charge on any atom is 0.237 e. The van der Waals surface area contributed by atoms with Crippen LogP contribution in [0.15, 0.2) is 36.7 Å². The van der Waals surface area contributed by atoms with Gasteiger partial charge >= 0.3 is 0 Å². The van der Waals surface area contributed by atoms with Gasteiger partial charge in [0.2, 0.25) is 5.91 Å². The number of anilines is 2. The lowest BCUT2D eigenvalue weighted by atomic mass is 10.1. The molecular formula is C24H27ClFN5O5. The topological polar surface area (TPSA) is 129 Å². The molecule has 0 saturated carbocycles. The van der Waals surface area contributed by atoms with Crippen LogP contribution in [-0.2, 0) is 4.79 Å². The van der Waals surface area contributed by atoms with E-state index in [2.05, 4.69) is 20.6 Å². The number of aliphatic hydroxyl groups is 2. The monoisotopic (exact) mass is 519 g/mol. The maximum atomic E-state index is 14.5. The molecule has 1 aliphatic heterocycles. The van der Waals surface area contributed by atoms with E-state index in [4.69, 9.17) is 26.2 Å². The van der Waals surface area contributed by atoms with Crippen LogP contribution in [0.5, 0.6) is 11.5 Å². The first-order chi connectivity index (χ1) is 17.3. The van der Waals surface area contributed by atoms with E-state index < -0.39 is 24.6 Å². The molecule has 2 aromatic carbocycles. The van der Waals surface area contributed by atoms with Crippen LogP contribution in [0.1, 0.15) is 6.42 Å². The third-order valence-corrected chi connectivity index (χ3v) is 6.25. The number of aromatic nitrogens is 2. The number of amides is 1. The maximum absolute atomic E-state index is 14.5. The minimum atomic E-state index is -1.01. The second kappa shape index (κ2) is 11.2. The van der Waals surface area contributed by atoms with E-state index >= 15 is 0 Å². The lowest BCUT2D eigenvalue weighted by Gasteiger charge is -2.18. The van der Waals surface area contributed by atoms with Crippen molar-refractivity contribution in [2.24, 2.45) is 0 Å². The van der Waals surface area contributed by atoms with Gasteiger partial charge in [-0.3, -0.25) is 9.69 Å². The van der Waals surface area contributed by atoms with Crippen molar-refractivity contribution in [3.8, 4) is 11.5 Å². The zero-order valence-electron chi connectivity index (χ0n) is 19.7. The van der Waals surface area contributed by atoms with E-state index in [1.54, 1.807) is 24.3 Å². The summed E-state index contributed by atoms with van der Waals surface area (Å²) >= 11 is 5.91.